The van der Waals surface area contributed by atoms with Crippen molar-refractivity contribution in [1.82, 2.24) is 20.3 Å². The number of carbonyl (C=O) groups is 2. The van der Waals surface area contributed by atoms with Crippen LogP contribution < -0.4 is 5.32 Å². The van der Waals surface area contributed by atoms with Crippen LogP contribution >= 0.6 is 11.6 Å². The molecule has 0 unspecified atom stereocenters. The molecule has 4 aromatic rings. The van der Waals surface area contributed by atoms with E-state index in [2.05, 4.69) is 10.3 Å². The first kappa shape index (κ1) is 24.8. The first-order chi connectivity index (χ1) is 18.0. The summed E-state index contributed by atoms with van der Waals surface area (Å²) in [5.74, 6) is -0.968. The Kier molecular flexibility index (Phi) is 7.42. The Morgan fingerprint density at radius 1 is 1.03 bits per heavy atom. The van der Waals surface area contributed by atoms with Crippen LogP contribution in [0.1, 0.15) is 65.3 Å². The highest BCUT2D eigenvalue weighted by molar-refractivity contribution is 6.30. The predicted octanol–water partition coefficient (Wildman–Crippen LogP) is 5.95. The van der Waals surface area contributed by atoms with Gasteiger partial charge in [0, 0.05) is 35.0 Å². The second kappa shape index (κ2) is 11.0. The number of halogens is 1. The highest BCUT2D eigenvalue weighted by Crippen LogP contribution is 2.30. The molecule has 0 spiro atoms. The lowest BCUT2D eigenvalue weighted by atomic mass is 9.89. The minimum Gasteiger partial charge on any atom is -0.481 e. The fraction of sp³-hybridized carbons (Fsp3) is 0.276. The molecule has 2 aromatic heterocycles. The summed E-state index contributed by atoms with van der Waals surface area (Å²) in [5, 5.41) is 12.8. The van der Waals surface area contributed by atoms with Crippen LogP contribution in [0.3, 0.4) is 0 Å². The van der Waals surface area contributed by atoms with Crippen LogP contribution in [0.2, 0.25) is 5.02 Å². The van der Waals surface area contributed by atoms with Crippen LogP contribution in [0, 0.1) is 0 Å². The molecule has 5 rings (SSSR count). The van der Waals surface area contributed by atoms with Crippen molar-refractivity contribution in [3.8, 4) is 11.3 Å². The number of carboxylic acids is 1. The number of aryl methyl sites for hydroxylation is 2. The third-order valence-electron chi connectivity index (χ3n) is 6.74. The van der Waals surface area contributed by atoms with E-state index in [9.17, 15) is 9.59 Å². The van der Waals surface area contributed by atoms with Crippen molar-refractivity contribution in [2.24, 2.45) is 0 Å². The first-order valence-corrected chi connectivity index (χ1v) is 12.9. The van der Waals surface area contributed by atoms with E-state index in [4.69, 9.17) is 26.7 Å². The molecule has 0 bridgehead atoms. The fourth-order valence-corrected chi connectivity index (χ4v) is 4.96. The van der Waals surface area contributed by atoms with E-state index in [-0.39, 0.29) is 18.4 Å². The molecule has 0 saturated carbocycles. The molecule has 1 aliphatic carbocycles. The monoisotopic (exact) mass is 514 g/mol. The van der Waals surface area contributed by atoms with Crippen molar-refractivity contribution in [3.63, 3.8) is 0 Å². The lowest BCUT2D eigenvalue weighted by Crippen LogP contribution is -2.31. The number of fused-ring (bicyclic) bond motifs is 2. The third kappa shape index (κ3) is 5.78. The highest BCUT2D eigenvalue weighted by Gasteiger charge is 2.23. The molecule has 0 aliphatic heterocycles. The maximum absolute atomic E-state index is 13.2. The number of nitrogens with one attached hydrogen (secondary N) is 1. The summed E-state index contributed by atoms with van der Waals surface area (Å²) in [7, 11) is 0. The number of rotatable bonds is 8. The minimum atomic E-state index is -0.811. The average Bonchev–Trinajstić information content (AvgIpc) is 2.91. The summed E-state index contributed by atoms with van der Waals surface area (Å²) < 4.78 is 0. The van der Waals surface area contributed by atoms with Crippen molar-refractivity contribution in [2.75, 3.05) is 0 Å². The van der Waals surface area contributed by atoms with Crippen molar-refractivity contribution in [2.45, 2.75) is 51.0 Å². The number of hydrogen-bond acceptors (Lipinski definition) is 5. The van der Waals surface area contributed by atoms with Crippen LogP contribution in [0.25, 0.3) is 22.3 Å². The average molecular weight is 515 g/mol. The zero-order chi connectivity index (χ0) is 25.8. The van der Waals surface area contributed by atoms with E-state index in [0.29, 0.717) is 40.9 Å². The molecule has 37 heavy (non-hydrogen) atoms. The Morgan fingerprint density at radius 3 is 2.68 bits per heavy atom. The van der Waals surface area contributed by atoms with Gasteiger partial charge in [-0.3, -0.25) is 14.6 Å². The Labute approximate surface area is 220 Å². The molecule has 1 aliphatic rings. The van der Waals surface area contributed by atoms with Crippen LogP contribution in [0.5, 0.6) is 0 Å². The van der Waals surface area contributed by atoms with Gasteiger partial charge in [0.2, 0.25) is 0 Å². The fourth-order valence-electron chi connectivity index (χ4n) is 4.83. The maximum atomic E-state index is 13.2. The SMILES string of the molecule is O=C(O)CCCCc1nc2cc(C(=O)N[C@H]3CCCc4ccncc43)ccc2nc1-c1ccc(Cl)cc1. The molecule has 2 aromatic carbocycles. The van der Waals surface area contributed by atoms with Gasteiger partial charge in [-0.15, -0.1) is 0 Å². The van der Waals surface area contributed by atoms with E-state index in [0.717, 1.165) is 41.8 Å². The number of carbonyl (C=O) groups excluding carboxylic acids is 1. The van der Waals surface area contributed by atoms with Gasteiger partial charge in [0.1, 0.15) is 0 Å². The summed E-state index contributed by atoms with van der Waals surface area (Å²) in [4.78, 5) is 38.1. The van der Waals surface area contributed by atoms with Gasteiger partial charge in [0.15, 0.2) is 0 Å². The number of amides is 1. The Bertz CT molecular complexity index is 1460. The van der Waals surface area contributed by atoms with Gasteiger partial charge < -0.3 is 10.4 Å². The first-order valence-electron chi connectivity index (χ1n) is 12.5. The van der Waals surface area contributed by atoms with Crippen molar-refractivity contribution in [3.05, 3.63) is 88.3 Å². The molecular weight excluding hydrogens is 488 g/mol. The van der Waals surface area contributed by atoms with Crippen molar-refractivity contribution in [1.29, 1.82) is 0 Å². The van der Waals surface area contributed by atoms with E-state index >= 15 is 0 Å². The second-order valence-corrected chi connectivity index (χ2v) is 9.76. The van der Waals surface area contributed by atoms with Gasteiger partial charge in [-0.2, -0.15) is 0 Å². The standard InChI is InChI=1S/C29H27ClN4O3/c30-21-11-8-19(9-12-21)28-25(5-1-2-7-27(35)36)32-26-16-20(10-13-24(26)33-28)29(37)34-23-6-3-4-18-14-15-31-17-22(18)23/h8-17,23H,1-7H2,(H,34,37)(H,35,36)/t23-/m0/s1. The molecular formula is C29H27ClN4O3. The van der Waals surface area contributed by atoms with Crippen molar-refractivity contribution < 1.29 is 14.7 Å². The zero-order valence-electron chi connectivity index (χ0n) is 20.3. The number of nitrogens with zero attached hydrogens (tertiary/aromatic N) is 3. The molecule has 0 saturated heterocycles. The van der Waals surface area contributed by atoms with Crippen LogP contribution in [0.15, 0.2) is 60.9 Å². The zero-order valence-corrected chi connectivity index (χ0v) is 21.0. The van der Waals surface area contributed by atoms with Crippen LogP contribution in [0.4, 0.5) is 0 Å². The molecule has 0 radical (unpaired) electrons. The molecule has 2 heterocycles. The predicted molar refractivity (Wildman–Crippen MR) is 143 cm³/mol. The lowest BCUT2D eigenvalue weighted by Gasteiger charge is -2.25. The minimum absolute atomic E-state index is 0.0659. The number of benzene rings is 2. The maximum Gasteiger partial charge on any atom is 0.303 e. The number of unbranched alkanes of at least 4 members (excludes halogenated alkanes) is 1. The Balaban J connectivity index is 1.43. The van der Waals surface area contributed by atoms with Gasteiger partial charge in [-0.05, 0) is 86.1 Å². The van der Waals surface area contributed by atoms with Crippen molar-refractivity contribution >= 4 is 34.5 Å². The van der Waals surface area contributed by atoms with E-state index < -0.39 is 5.97 Å². The summed E-state index contributed by atoms with van der Waals surface area (Å²) >= 11 is 6.08. The largest absolute Gasteiger partial charge is 0.481 e. The molecule has 1 atom stereocenters. The summed E-state index contributed by atoms with van der Waals surface area (Å²) in [6.45, 7) is 0. The lowest BCUT2D eigenvalue weighted by molar-refractivity contribution is -0.137. The number of carboxylic acid groups (broad SMARTS) is 1. The Morgan fingerprint density at radius 2 is 1.86 bits per heavy atom. The Hall–Kier alpha value is -3.84. The number of pyridine rings is 1. The van der Waals surface area contributed by atoms with E-state index in [1.165, 1.54) is 5.56 Å². The number of aromatic nitrogens is 3. The second-order valence-electron chi connectivity index (χ2n) is 9.32. The van der Waals surface area contributed by atoms with Gasteiger partial charge >= 0.3 is 5.97 Å². The smallest absolute Gasteiger partial charge is 0.303 e. The van der Waals surface area contributed by atoms with Crippen LogP contribution in [-0.2, 0) is 17.6 Å². The van der Waals surface area contributed by atoms with Gasteiger partial charge in [-0.25, -0.2) is 9.97 Å². The van der Waals surface area contributed by atoms with Crippen LogP contribution in [-0.4, -0.2) is 31.9 Å². The van der Waals surface area contributed by atoms with E-state index in [1.54, 1.807) is 18.3 Å². The van der Waals surface area contributed by atoms with Gasteiger partial charge in [0.05, 0.1) is 28.5 Å². The van der Waals surface area contributed by atoms with Gasteiger partial charge in [-0.1, -0.05) is 23.7 Å². The molecule has 8 heteroatoms. The molecule has 188 valence electrons. The summed E-state index contributed by atoms with van der Waals surface area (Å²) in [6, 6.07) is 14.7. The quantitative estimate of drug-likeness (QED) is 0.281. The summed E-state index contributed by atoms with van der Waals surface area (Å²) in [6.07, 6.45) is 8.45. The van der Waals surface area contributed by atoms with E-state index in [1.807, 2.05) is 42.6 Å². The molecule has 2 N–H and O–H groups in total. The topological polar surface area (TPSA) is 105 Å². The molecule has 1 amide bonds. The number of aliphatic carboxylic acids is 1. The van der Waals surface area contributed by atoms with Gasteiger partial charge in [0.25, 0.3) is 5.91 Å². The molecule has 0 fully saturated rings. The highest BCUT2D eigenvalue weighted by atomic mass is 35.5. The molecule has 7 nitrogen and oxygen atoms in total. The number of hydrogen-bond donors (Lipinski definition) is 2. The third-order valence-corrected chi connectivity index (χ3v) is 6.99. The normalized spacial score (nSPS) is 14.8. The summed E-state index contributed by atoms with van der Waals surface area (Å²) in [5.41, 5.74) is 6.55.